The third-order valence-electron chi connectivity index (χ3n) is 4.79. The molecule has 29 heavy (non-hydrogen) atoms. The highest BCUT2D eigenvalue weighted by Crippen LogP contribution is 2.42. The van der Waals surface area contributed by atoms with Crippen molar-refractivity contribution in [3.63, 3.8) is 0 Å². The van der Waals surface area contributed by atoms with E-state index < -0.39 is 17.3 Å². The minimum Gasteiger partial charge on any atom is -0.383 e. The number of thioether (sulfide) groups is 1. The number of fused-ring (bicyclic) bond motifs is 1. The molecule has 0 amide bonds. The molecule has 1 aliphatic heterocycles. The van der Waals surface area contributed by atoms with Crippen LogP contribution in [0.15, 0.2) is 23.1 Å². The molecule has 0 aliphatic carbocycles. The molecule has 1 N–H and O–H groups in total. The average Bonchev–Trinajstić information content (AvgIpc) is 3.08. The monoisotopic (exact) mass is 442 g/mol. The van der Waals surface area contributed by atoms with Crippen molar-refractivity contribution in [2.45, 2.75) is 42.7 Å². The van der Waals surface area contributed by atoms with Crippen LogP contribution >= 0.6 is 23.1 Å². The van der Waals surface area contributed by atoms with Crippen LogP contribution in [0.4, 0.5) is 13.2 Å². The standard InChI is InChI=1S/C19H21F3N4OS2/c1-10-15(26-17(23-10)29-16(24-26)18(2,3)27)11-5-6-13(19(20,21)22)14(7-11)28-12-8-25(4)9-12/h5-7,12,27H,8-9H2,1-4H3. The minimum absolute atomic E-state index is 0.143. The van der Waals surface area contributed by atoms with Crippen molar-refractivity contribution in [3.05, 3.63) is 34.5 Å². The maximum Gasteiger partial charge on any atom is 0.417 e. The number of halogens is 3. The van der Waals surface area contributed by atoms with E-state index in [4.69, 9.17) is 0 Å². The van der Waals surface area contributed by atoms with Crippen molar-refractivity contribution in [1.82, 2.24) is 19.5 Å². The van der Waals surface area contributed by atoms with E-state index in [0.717, 1.165) is 19.2 Å². The van der Waals surface area contributed by atoms with Gasteiger partial charge in [-0.3, -0.25) is 0 Å². The first-order valence-corrected chi connectivity index (χ1v) is 10.8. The fourth-order valence-corrected chi connectivity index (χ4v) is 5.79. The Morgan fingerprint density at radius 1 is 1.24 bits per heavy atom. The molecule has 5 nitrogen and oxygen atoms in total. The number of aromatic nitrogens is 3. The number of rotatable bonds is 4. The van der Waals surface area contributed by atoms with Gasteiger partial charge in [-0.1, -0.05) is 17.4 Å². The predicted molar refractivity (Wildman–Crippen MR) is 108 cm³/mol. The molecule has 1 aromatic carbocycles. The highest BCUT2D eigenvalue weighted by Gasteiger charge is 2.36. The van der Waals surface area contributed by atoms with Crippen molar-refractivity contribution in [3.8, 4) is 11.3 Å². The van der Waals surface area contributed by atoms with Gasteiger partial charge in [0.1, 0.15) is 10.6 Å². The molecule has 10 heteroatoms. The van der Waals surface area contributed by atoms with Crippen LogP contribution in [0, 0.1) is 6.92 Å². The zero-order chi connectivity index (χ0) is 21.1. The van der Waals surface area contributed by atoms with Gasteiger partial charge in [0.2, 0.25) is 4.96 Å². The zero-order valence-corrected chi connectivity index (χ0v) is 18.0. The topological polar surface area (TPSA) is 53.7 Å². The molecule has 0 spiro atoms. The Bertz CT molecular complexity index is 1060. The smallest absolute Gasteiger partial charge is 0.383 e. The number of hydrogen-bond donors (Lipinski definition) is 1. The van der Waals surface area contributed by atoms with E-state index in [2.05, 4.69) is 15.0 Å². The summed E-state index contributed by atoms with van der Waals surface area (Å²) in [6.45, 7) is 6.62. The van der Waals surface area contributed by atoms with E-state index in [1.165, 1.54) is 29.2 Å². The Morgan fingerprint density at radius 3 is 2.52 bits per heavy atom. The summed E-state index contributed by atoms with van der Waals surface area (Å²) in [4.78, 5) is 7.39. The molecule has 0 unspecified atom stereocenters. The number of nitrogens with zero attached hydrogens (tertiary/aromatic N) is 4. The van der Waals surface area contributed by atoms with Gasteiger partial charge >= 0.3 is 6.18 Å². The normalized spacial score (nSPS) is 16.6. The number of aryl methyl sites for hydroxylation is 1. The Kier molecular flexibility index (Phi) is 4.96. The zero-order valence-electron chi connectivity index (χ0n) is 16.4. The van der Waals surface area contributed by atoms with E-state index in [1.54, 1.807) is 24.4 Å². The second-order valence-electron chi connectivity index (χ2n) is 7.88. The second kappa shape index (κ2) is 6.97. The van der Waals surface area contributed by atoms with E-state index in [0.29, 0.717) is 26.9 Å². The average molecular weight is 443 g/mol. The molecular formula is C19H21F3N4OS2. The van der Waals surface area contributed by atoms with E-state index in [1.807, 2.05) is 14.0 Å². The molecule has 0 atom stereocenters. The lowest BCUT2D eigenvalue weighted by Gasteiger charge is -2.36. The lowest BCUT2D eigenvalue weighted by molar-refractivity contribution is -0.139. The predicted octanol–water partition coefficient (Wildman–Crippen LogP) is 4.42. The number of hydrogen-bond acceptors (Lipinski definition) is 6. The van der Waals surface area contributed by atoms with Crippen LogP contribution in [0.1, 0.15) is 30.1 Å². The lowest BCUT2D eigenvalue weighted by Crippen LogP contribution is -2.46. The van der Waals surface area contributed by atoms with E-state index >= 15 is 0 Å². The van der Waals surface area contributed by atoms with Crippen molar-refractivity contribution >= 4 is 28.1 Å². The highest BCUT2D eigenvalue weighted by molar-refractivity contribution is 8.00. The number of likely N-dealkylation sites (tertiary alicyclic amines) is 1. The molecule has 4 rings (SSSR count). The number of imidazole rings is 1. The van der Waals surface area contributed by atoms with Crippen molar-refractivity contribution in [1.29, 1.82) is 0 Å². The summed E-state index contributed by atoms with van der Waals surface area (Å²) in [5, 5.41) is 15.3. The summed E-state index contributed by atoms with van der Waals surface area (Å²) >= 11 is 2.54. The highest BCUT2D eigenvalue weighted by atomic mass is 32.2. The molecule has 1 aliphatic rings. The summed E-state index contributed by atoms with van der Waals surface area (Å²) in [5.74, 6) is 0. The van der Waals surface area contributed by atoms with Crippen LogP contribution in [0.2, 0.25) is 0 Å². The molecule has 1 fully saturated rings. The summed E-state index contributed by atoms with van der Waals surface area (Å²) in [6, 6.07) is 4.20. The Labute approximate surface area is 174 Å². The van der Waals surface area contributed by atoms with Gasteiger partial charge < -0.3 is 10.0 Å². The maximum atomic E-state index is 13.6. The van der Waals surface area contributed by atoms with Gasteiger partial charge in [-0.25, -0.2) is 9.50 Å². The molecule has 3 heterocycles. The van der Waals surface area contributed by atoms with Crippen molar-refractivity contribution < 1.29 is 18.3 Å². The Hall–Kier alpha value is -1.62. The van der Waals surface area contributed by atoms with Gasteiger partial charge in [-0.2, -0.15) is 18.3 Å². The number of alkyl halides is 3. The lowest BCUT2D eigenvalue weighted by atomic mass is 10.1. The largest absolute Gasteiger partial charge is 0.417 e. The molecule has 2 aromatic heterocycles. The third-order valence-corrected chi connectivity index (χ3v) is 7.23. The molecule has 0 saturated carbocycles. The minimum atomic E-state index is -4.41. The molecule has 3 aromatic rings. The van der Waals surface area contributed by atoms with Gasteiger partial charge in [0, 0.05) is 28.8 Å². The molecule has 0 bridgehead atoms. The van der Waals surface area contributed by atoms with Gasteiger partial charge in [-0.05, 0) is 40.0 Å². The van der Waals surface area contributed by atoms with Gasteiger partial charge in [-0.15, -0.1) is 11.8 Å². The molecule has 1 saturated heterocycles. The SMILES string of the molecule is Cc1nc2sc(C(C)(C)O)nn2c1-c1ccc(C(F)(F)F)c(SC2CN(C)C2)c1. The Balaban J connectivity index is 1.80. The summed E-state index contributed by atoms with van der Waals surface area (Å²) < 4.78 is 42.3. The second-order valence-corrected chi connectivity index (χ2v) is 10.2. The van der Waals surface area contributed by atoms with Gasteiger partial charge in [0.25, 0.3) is 0 Å². The van der Waals surface area contributed by atoms with E-state index in [9.17, 15) is 18.3 Å². The first-order valence-electron chi connectivity index (χ1n) is 9.09. The molecule has 0 radical (unpaired) electrons. The van der Waals surface area contributed by atoms with Gasteiger partial charge in [0.05, 0.1) is 17.0 Å². The van der Waals surface area contributed by atoms with Crippen molar-refractivity contribution in [2.75, 3.05) is 20.1 Å². The summed E-state index contributed by atoms with van der Waals surface area (Å²) in [6.07, 6.45) is -4.41. The van der Waals surface area contributed by atoms with Crippen molar-refractivity contribution in [2.24, 2.45) is 0 Å². The number of benzene rings is 1. The maximum absolute atomic E-state index is 13.6. The molecule has 156 valence electrons. The van der Waals surface area contributed by atoms with Gasteiger partial charge in [0.15, 0.2) is 0 Å². The summed E-state index contributed by atoms with van der Waals surface area (Å²) in [7, 11) is 1.95. The first kappa shape index (κ1) is 20.6. The van der Waals surface area contributed by atoms with E-state index in [-0.39, 0.29) is 10.1 Å². The van der Waals surface area contributed by atoms with Crippen LogP contribution in [0.5, 0.6) is 0 Å². The summed E-state index contributed by atoms with van der Waals surface area (Å²) in [5.41, 5.74) is 0.229. The fraction of sp³-hybridized carbons (Fsp3) is 0.474. The quantitative estimate of drug-likeness (QED) is 0.648. The fourth-order valence-electron chi connectivity index (χ4n) is 3.32. The Morgan fingerprint density at radius 2 is 1.93 bits per heavy atom. The van der Waals surface area contributed by atoms with Crippen LogP contribution < -0.4 is 0 Å². The molecular weight excluding hydrogens is 421 g/mol. The van der Waals surface area contributed by atoms with Crippen LogP contribution in [-0.4, -0.2) is 50.0 Å². The third kappa shape index (κ3) is 3.90. The van der Waals surface area contributed by atoms with Crippen LogP contribution in [0.3, 0.4) is 0 Å². The van der Waals surface area contributed by atoms with Crippen LogP contribution in [-0.2, 0) is 11.8 Å². The van der Waals surface area contributed by atoms with Crippen LogP contribution in [0.25, 0.3) is 16.2 Å². The first-order chi connectivity index (χ1) is 13.4. The number of aliphatic hydroxyl groups is 1.